The van der Waals surface area contributed by atoms with Gasteiger partial charge in [0, 0.05) is 21.8 Å². The van der Waals surface area contributed by atoms with Gasteiger partial charge in [-0.25, -0.2) is 0 Å². The molecule has 0 heterocycles. The topological polar surface area (TPSA) is 93.5 Å². The van der Waals surface area contributed by atoms with Crippen molar-refractivity contribution in [1.82, 2.24) is 5.32 Å². The number of nitro benzene ring substituents is 1. The number of hydrogen-bond acceptors (Lipinski definition) is 5. The second-order valence-electron chi connectivity index (χ2n) is 6.84. The third kappa shape index (κ3) is 6.79. The lowest BCUT2D eigenvalue weighted by Gasteiger charge is -2.14. The van der Waals surface area contributed by atoms with Crippen molar-refractivity contribution in [2.45, 2.75) is 27.2 Å². The first-order valence-electron chi connectivity index (χ1n) is 8.97. The molecule has 0 unspecified atom stereocenters. The van der Waals surface area contributed by atoms with E-state index in [1.54, 1.807) is 37.3 Å². The number of benzene rings is 2. The second kappa shape index (κ2) is 10.3. The summed E-state index contributed by atoms with van der Waals surface area (Å²) in [6, 6.07) is 9.80. The maximum absolute atomic E-state index is 12.7. The molecule has 0 saturated heterocycles. The molecule has 2 N–H and O–H groups in total. The van der Waals surface area contributed by atoms with Crippen LogP contribution in [0.1, 0.15) is 36.2 Å². The molecule has 0 atom stereocenters. The van der Waals surface area contributed by atoms with Gasteiger partial charge in [-0.3, -0.25) is 20.2 Å². The van der Waals surface area contributed by atoms with Gasteiger partial charge in [0.2, 0.25) is 0 Å². The molecule has 1 amide bonds. The average molecular weight is 480 g/mol. The first kappa shape index (κ1) is 22.8. The number of carbonyl (C=O) groups excluding carboxylic acids is 1. The molecule has 0 radical (unpaired) electrons. The van der Waals surface area contributed by atoms with Gasteiger partial charge >= 0.3 is 0 Å². The van der Waals surface area contributed by atoms with Gasteiger partial charge in [0.1, 0.15) is 5.75 Å². The highest BCUT2D eigenvalue weighted by Gasteiger charge is 2.16. The summed E-state index contributed by atoms with van der Waals surface area (Å²) in [6.45, 7) is 6.33. The van der Waals surface area contributed by atoms with Crippen molar-refractivity contribution < 1.29 is 14.5 Å². The Morgan fingerprint density at radius 1 is 1.28 bits per heavy atom. The molecule has 9 heteroatoms. The average Bonchev–Trinajstić information content (AvgIpc) is 2.63. The molecule has 0 aliphatic heterocycles. The molecule has 0 saturated carbocycles. The number of nitrogens with one attached hydrogen (secondary N) is 2. The quantitative estimate of drug-likeness (QED) is 0.321. The van der Waals surface area contributed by atoms with Crippen LogP contribution in [0.25, 0.3) is 0 Å². The molecule has 2 aromatic rings. The van der Waals surface area contributed by atoms with E-state index < -0.39 is 10.8 Å². The van der Waals surface area contributed by atoms with Crippen LogP contribution in [0.15, 0.2) is 40.9 Å². The van der Waals surface area contributed by atoms with E-state index >= 15 is 0 Å². The van der Waals surface area contributed by atoms with Gasteiger partial charge in [-0.15, -0.1) is 0 Å². The first-order valence-corrected chi connectivity index (χ1v) is 10.2. The van der Waals surface area contributed by atoms with Crippen molar-refractivity contribution >= 4 is 50.5 Å². The minimum atomic E-state index is -0.468. The number of amides is 1. The van der Waals surface area contributed by atoms with Crippen LogP contribution < -0.4 is 15.4 Å². The smallest absolute Gasteiger partial charge is 0.274 e. The zero-order valence-electron chi connectivity index (χ0n) is 16.3. The zero-order valence-corrected chi connectivity index (χ0v) is 18.7. The van der Waals surface area contributed by atoms with Gasteiger partial charge in [0.15, 0.2) is 5.11 Å². The van der Waals surface area contributed by atoms with Crippen LogP contribution >= 0.6 is 28.1 Å². The molecule has 2 aromatic carbocycles. The van der Waals surface area contributed by atoms with E-state index in [1.165, 1.54) is 6.07 Å². The number of carbonyl (C=O) groups is 1. The van der Waals surface area contributed by atoms with Crippen molar-refractivity contribution in [3.63, 3.8) is 0 Å². The third-order valence-corrected chi connectivity index (χ3v) is 4.73. The van der Waals surface area contributed by atoms with Crippen LogP contribution in [0.3, 0.4) is 0 Å². The third-order valence-electron chi connectivity index (χ3n) is 4.03. The monoisotopic (exact) mass is 479 g/mol. The van der Waals surface area contributed by atoms with E-state index in [4.69, 9.17) is 17.0 Å². The number of ether oxygens (including phenoxy) is 1. The molecule has 0 fully saturated rings. The van der Waals surface area contributed by atoms with E-state index in [0.717, 1.165) is 10.9 Å². The minimum absolute atomic E-state index is 0.0289. The highest BCUT2D eigenvalue weighted by Crippen LogP contribution is 2.24. The SMILES string of the molecule is Cc1ccc(NC(=S)NC(=O)c2cc(Br)ccc2OCCC(C)C)cc1[N+](=O)[O-]. The largest absolute Gasteiger partial charge is 0.493 e. The van der Waals surface area contributed by atoms with Crippen molar-refractivity contribution in [3.8, 4) is 5.75 Å². The van der Waals surface area contributed by atoms with E-state index in [2.05, 4.69) is 40.4 Å². The zero-order chi connectivity index (χ0) is 21.6. The van der Waals surface area contributed by atoms with E-state index in [0.29, 0.717) is 35.1 Å². The summed E-state index contributed by atoms with van der Waals surface area (Å²) in [4.78, 5) is 23.3. The molecule has 0 bridgehead atoms. The Morgan fingerprint density at radius 3 is 2.66 bits per heavy atom. The van der Waals surface area contributed by atoms with Gasteiger partial charge in [-0.05, 0) is 55.7 Å². The predicted molar refractivity (Wildman–Crippen MR) is 121 cm³/mol. The summed E-state index contributed by atoms with van der Waals surface area (Å²) in [7, 11) is 0. The Labute approximate surface area is 183 Å². The lowest BCUT2D eigenvalue weighted by atomic mass is 10.1. The number of thiocarbonyl (C=S) groups is 1. The normalized spacial score (nSPS) is 10.5. The fourth-order valence-electron chi connectivity index (χ4n) is 2.43. The van der Waals surface area contributed by atoms with Crippen LogP contribution in [0, 0.1) is 23.0 Å². The van der Waals surface area contributed by atoms with Crippen LogP contribution in [-0.2, 0) is 0 Å². The highest BCUT2D eigenvalue weighted by atomic mass is 79.9. The summed E-state index contributed by atoms with van der Waals surface area (Å²) in [5, 5.41) is 16.5. The molecule has 7 nitrogen and oxygen atoms in total. The van der Waals surface area contributed by atoms with Crippen molar-refractivity contribution in [2.75, 3.05) is 11.9 Å². The lowest BCUT2D eigenvalue weighted by Crippen LogP contribution is -2.34. The summed E-state index contributed by atoms with van der Waals surface area (Å²) in [5.74, 6) is 0.503. The Bertz CT molecular complexity index is 934. The number of nitrogens with zero attached hydrogens (tertiary/aromatic N) is 1. The molecule has 0 spiro atoms. The summed E-state index contributed by atoms with van der Waals surface area (Å²) in [6.07, 6.45) is 0.864. The Balaban J connectivity index is 2.09. The van der Waals surface area contributed by atoms with Crippen LogP contribution in [-0.4, -0.2) is 22.5 Å². The minimum Gasteiger partial charge on any atom is -0.493 e. The van der Waals surface area contributed by atoms with Crippen molar-refractivity contribution in [3.05, 3.63) is 62.1 Å². The van der Waals surface area contributed by atoms with Crippen LogP contribution in [0.4, 0.5) is 11.4 Å². The molecular weight excluding hydrogens is 458 g/mol. The summed E-state index contributed by atoms with van der Waals surface area (Å²) >= 11 is 8.54. The molecule has 2 rings (SSSR count). The van der Waals surface area contributed by atoms with Crippen LogP contribution in [0.5, 0.6) is 5.75 Å². The lowest BCUT2D eigenvalue weighted by molar-refractivity contribution is -0.385. The van der Waals surface area contributed by atoms with E-state index in [1.807, 2.05) is 0 Å². The molecule has 0 aromatic heterocycles. The molecular formula is C20H22BrN3O4S. The van der Waals surface area contributed by atoms with Gasteiger partial charge in [-0.2, -0.15) is 0 Å². The molecule has 0 aliphatic rings. The Kier molecular flexibility index (Phi) is 8.10. The van der Waals surface area contributed by atoms with Gasteiger partial charge < -0.3 is 10.1 Å². The molecule has 29 heavy (non-hydrogen) atoms. The fourth-order valence-corrected chi connectivity index (χ4v) is 3.00. The number of nitro groups is 1. The first-order chi connectivity index (χ1) is 13.7. The summed E-state index contributed by atoms with van der Waals surface area (Å²) in [5.41, 5.74) is 1.25. The van der Waals surface area contributed by atoms with Crippen LogP contribution in [0.2, 0.25) is 0 Å². The number of anilines is 1. The standard InChI is InChI=1S/C20H22BrN3O4S/c1-12(2)8-9-28-18-7-5-14(21)10-16(18)19(25)23-20(29)22-15-6-4-13(3)17(11-15)24(26)27/h4-7,10-12H,8-9H2,1-3H3,(H2,22,23,25,29). The van der Waals surface area contributed by atoms with E-state index in [9.17, 15) is 14.9 Å². The predicted octanol–water partition coefficient (Wildman–Crippen LogP) is 5.22. The van der Waals surface area contributed by atoms with Gasteiger partial charge in [-0.1, -0.05) is 35.8 Å². The van der Waals surface area contributed by atoms with Crippen molar-refractivity contribution in [1.29, 1.82) is 0 Å². The molecule has 0 aliphatic carbocycles. The van der Waals surface area contributed by atoms with Gasteiger partial charge in [0.05, 0.1) is 17.1 Å². The highest BCUT2D eigenvalue weighted by molar-refractivity contribution is 9.10. The number of aryl methyl sites for hydroxylation is 1. The number of hydrogen-bond donors (Lipinski definition) is 2. The second-order valence-corrected chi connectivity index (χ2v) is 8.16. The van der Waals surface area contributed by atoms with Crippen molar-refractivity contribution in [2.24, 2.45) is 5.92 Å². The number of halogens is 1. The molecule has 154 valence electrons. The maximum atomic E-state index is 12.7. The number of rotatable bonds is 7. The fraction of sp³-hybridized carbons (Fsp3) is 0.300. The van der Waals surface area contributed by atoms with Gasteiger partial charge in [0.25, 0.3) is 11.6 Å². The Morgan fingerprint density at radius 2 is 2.00 bits per heavy atom. The summed E-state index contributed by atoms with van der Waals surface area (Å²) < 4.78 is 6.49. The Hall–Kier alpha value is -2.52. The maximum Gasteiger partial charge on any atom is 0.274 e. The van der Waals surface area contributed by atoms with E-state index in [-0.39, 0.29) is 10.8 Å².